The molecule has 0 bridgehead atoms. The lowest BCUT2D eigenvalue weighted by Gasteiger charge is -2.08. The minimum Gasteiger partial charge on any atom is -0.494 e. The summed E-state index contributed by atoms with van der Waals surface area (Å²) in [6.07, 6.45) is 1.41. The molecule has 0 unspecified atom stereocenters. The second-order valence-electron chi connectivity index (χ2n) is 5.91. The van der Waals surface area contributed by atoms with Crippen LogP contribution in [0.1, 0.15) is 17.4 Å². The zero-order valence-corrected chi connectivity index (χ0v) is 15.7. The van der Waals surface area contributed by atoms with Crippen molar-refractivity contribution in [2.45, 2.75) is 13.7 Å². The summed E-state index contributed by atoms with van der Waals surface area (Å²) in [6, 6.07) is 8.29. The molecule has 2 aromatic carbocycles. The van der Waals surface area contributed by atoms with E-state index in [9.17, 15) is 23.7 Å². The Morgan fingerprint density at radius 2 is 2.00 bits per heavy atom. The van der Waals surface area contributed by atoms with E-state index in [4.69, 9.17) is 9.47 Å². The summed E-state index contributed by atoms with van der Waals surface area (Å²) < 4.78 is 38.1. The van der Waals surface area contributed by atoms with E-state index < -0.39 is 22.5 Å². The van der Waals surface area contributed by atoms with E-state index in [1.54, 1.807) is 6.92 Å². The van der Waals surface area contributed by atoms with E-state index in [1.807, 2.05) is 0 Å². The van der Waals surface area contributed by atoms with E-state index in [-0.39, 0.29) is 29.5 Å². The largest absolute Gasteiger partial charge is 0.494 e. The number of carbonyl (C=O) groups excluding carboxylic acids is 1. The lowest BCUT2D eigenvalue weighted by Crippen LogP contribution is -2.15. The van der Waals surface area contributed by atoms with Crippen molar-refractivity contribution < 1.29 is 28.0 Å². The van der Waals surface area contributed by atoms with Crippen molar-refractivity contribution in [1.29, 1.82) is 0 Å². The fraction of sp³-hybridized carbons (Fsp3) is 0.158. The number of amides is 1. The average Bonchev–Trinajstić information content (AvgIpc) is 3.18. The number of hydrogen-bond donors (Lipinski definition) is 1. The first-order valence-electron chi connectivity index (χ1n) is 8.71. The van der Waals surface area contributed by atoms with Gasteiger partial charge in [-0.2, -0.15) is 5.10 Å². The van der Waals surface area contributed by atoms with Gasteiger partial charge in [0.05, 0.1) is 17.6 Å². The van der Waals surface area contributed by atoms with Gasteiger partial charge in [0.2, 0.25) is 0 Å². The maximum Gasteiger partial charge on any atom is 0.296 e. The quantitative estimate of drug-likeness (QED) is 0.441. The van der Waals surface area contributed by atoms with Crippen LogP contribution in [-0.2, 0) is 6.73 Å². The Morgan fingerprint density at radius 3 is 2.70 bits per heavy atom. The molecule has 0 radical (unpaired) electrons. The lowest BCUT2D eigenvalue weighted by atomic mass is 10.2. The molecule has 1 amide bonds. The summed E-state index contributed by atoms with van der Waals surface area (Å²) in [7, 11) is 0. The van der Waals surface area contributed by atoms with Gasteiger partial charge >= 0.3 is 0 Å². The van der Waals surface area contributed by atoms with Crippen LogP contribution in [0.5, 0.6) is 11.5 Å². The number of halogens is 2. The first kappa shape index (κ1) is 20.7. The number of rotatable bonds is 8. The zero-order chi connectivity index (χ0) is 21.7. The molecule has 1 aromatic heterocycles. The molecular formula is C19H16F2N4O5. The maximum absolute atomic E-state index is 13.6. The van der Waals surface area contributed by atoms with Crippen LogP contribution < -0.4 is 14.8 Å². The molecule has 0 saturated heterocycles. The predicted molar refractivity (Wildman–Crippen MR) is 101 cm³/mol. The minimum atomic E-state index is -0.872. The highest BCUT2D eigenvalue weighted by Crippen LogP contribution is 2.29. The van der Waals surface area contributed by atoms with Gasteiger partial charge in [0.25, 0.3) is 11.6 Å². The SMILES string of the molecule is CCOc1ccc(NC(=O)c2ccn(COc3ccc(F)cc3F)n2)c([N+](=O)[O-])c1. The van der Waals surface area contributed by atoms with Crippen LogP contribution in [0.2, 0.25) is 0 Å². The van der Waals surface area contributed by atoms with Crippen LogP contribution in [-0.4, -0.2) is 27.2 Å². The molecule has 11 heteroatoms. The fourth-order valence-corrected chi connectivity index (χ4v) is 2.49. The number of nitrogens with zero attached hydrogens (tertiary/aromatic N) is 3. The van der Waals surface area contributed by atoms with E-state index in [1.165, 1.54) is 35.1 Å². The van der Waals surface area contributed by atoms with Crippen molar-refractivity contribution in [3.05, 3.63) is 76.1 Å². The second kappa shape index (κ2) is 8.99. The van der Waals surface area contributed by atoms with Gasteiger partial charge in [0, 0.05) is 12.3 Å². The molecular weight excluding hydrogens is 402 g/mol. The molecule has 1 N–H and O–H groups in total. The van der Waals surface area contributed by atoms with Crippen molar-refractivity contribution in [3.8, 4) is 11.5 Å². The molecule has 1 heterocycles. The molecule has 0 fully saturated rings. The molecule has 156 valence electrons. The van der Waals surface area contributed by atoms with E-state index in [2.05, 4.69) is 10.4 Å². The van der Waals surface area contributed by atoms with Crippen LogP contribution in [0.15, 0.2) is 48.7 Å². The lowest BCUT2D eigenvalue weighted by molar-refractivity contribution is -0.384. The van der Waals surface area contributed by atoms with Crippen LogP contribution in [0.25, 0.3) is 0 Å². The number of aromatic nitrogens is 2. The highest BCUT2D eigenvalue weighted by Gasteiger charge is 2.19. The van der Waals surface area contributed by atoms with E-state index >= 15 is 0 Å². The van der Waals surface area contributed by atoms with Crippen molar-refractivity contribution in [1.82, 2.24) is 9.78 Å². The van der Waals surface area contributed by atoms with Gasteiger partial charge in [-0.3, -0.25) is 14.9 Å². The summed E-state index contributed by atoms with van der Waals surface area (Å²) in [6.45, 7) is 1.84. The third-order valence-electron chi connectivity index (χ3n) is 3.84. The smallest absolute Gasteiger partial charge is 0.296 e. The Morgan fingerprint density at radius 1 is 1.20 bits per heavy atom. The topological polar surface area (TPSA) is 109 Å². The van der Waals surface area contributed by atoms with Crippen LogP contribution >= 0.6 is 0 Å². The number of anilines is 1. The average molecular weight is 418 g/mol. The molecule has 0 spiro atoms. The van der Waals surface area contributed by atoms with E-state index in [0.29, 0.717) is 18.4 Å². The number of nitro groups is 1. The van der Waals surface area contributed by atoms with Crippen LogP contribution in [0.4, 0.5) is 20.2 Å². The Balaban J connectivity index is 1.68. The summed E-state index contributed by atoms with van der Waals surface area (Å²) in [4.78, 5) is 23.0. The monoisotopic (exact) mass is 418 g/mol. The molecule has 0 aliphatic heterocycles. The molecule has 0 aliphatic carbocycles. The van der Waals surface area contributed by atoms with Crippen molar-refractivity contribution in [3.63, 3.8) is 0 Å². The van der Waals surface area contributed by atoms with Crippen LogP contribution in [0, 0.1) is 21.7 Å². The molecule has 30 heavy (non-hydrogen) atoms. The summed E-state index contributed by atoms with van der Waals surface area (Å²) in [5, 5.41) is 17.7. The van der Waals surface area contributed by atoms with Crippen molar-refractivity contribution >= 4 is 17.3 Å². The van der Waals surface area contributed by atoms with Gasteiger partial charge in [-0.1, -0.05) is 0 Å². The van der Waals surface area contributed by atoms with Gasteiger partial charge in [0.1, 0.15) is 17.3 Å². The summed E-state index contributed by atoms with van der Waals surface area (Å²) >= 11 is 0. The maximum atomic E-state index is 13.6. The van der Waals surface area contributed by atoms with Gasteiger partial charge < -0.3 is 14.8 Å². The van der Waals surface area contributed by atoms with Gasteiger partial charge in [-0.05, 0) is 37.3 Å². The van der Waals surface area contributed by atoms with E-state index in [0.717, 1.165) is 12.1 Å². The molecule has 0 atom stereocenters. The first-order chi connectivity index (χ1) is 14.4. The molecule has 9 nitrogen and oxygen atoms in total. The normalized spacial score (nSPS) is 10.5. The number of ether oxygens (including phenoxy) is 2. The Hall–Kier alpha value is -4.02. The molecule has 0 saturated carbocycles. The zero-order valence-electron chi connectivity index (χ0n) is 15.7. The predicted octanol–water partition coefficient (Wildman–Crippen LogP) is 3.76. The third-order valence-corrected chi connectivity index (χ3v) is 3.84. The minimum absolute atomic E-state index is 0.0207. The Bertz CT molecular complexity index is 1090. The Labute approximate surface area is 169 Å². The fourth-order valence-electron chi connectivity index (χ4n) is 2.49. The third kappa shape index (κ3) is 4.87. The van der Waals surface area contributed by atoms with Gasteiger partial charge in [0.15, 0.2) is 24.0 Å². The highest BCUT2D eigenvalue weighted by atomic mass is 19.1. The standard InChI is InChI=1S/C19H16F2N4O5/c1-2-29-13-4-5-15(17(10-13)25(27)28)22-19(26)16-7-8-24(23-16)11-30-18-6-3-12(20)9-14(18)21/h3-10H,2,11H2,1H3,(H,22,26). The van der Waals surface area contributed by atoms with Gasteiger partial charge in [-0.15, -0.1) is 0 Å². The number of nitro benzene ring substituents is 1. The molecule has 3 rings (SSSR count). The second-order valence-corrected chi connectivity index (χ2v) is 5.91. The number of benzene rings is 2. The number of nitrogens with one attached hydrogen (secondary N) is 1. The highest BCUT2D eigenvalue weighted by molar-refractivity contribution is 6.04. The van der Waals surface area contributed by atoms with Crippen molar-refractivity contribution in [2.24, 2.45) is 0 Å². The summed E-state index contributed by atoms with van der Waals surface area (Å²) in [5.41, 5.74) is -0.391. The number of hydrogen-bond acceptors (Lipinski definition) is 6. The van der Waals surface area contributed by atoms with Crippen molar-refractivity contribution in [2.75, 3.05) is 11.9 Å². The summed E-state index contributed by atoms with van der Waals surface area (Å²) in [5.74, 6) is -2.17. The Kier molecular flexibility index (Phi) is 6.20. The first-order valence-corrected chi connectivity index (χ1v) is 8.71. The molecule has 3 aromatic rings. The molecule has 0 aliphatic rings. The number of carbonyl (C=O) groups is 1. The van der Waals surface area contributed by atoms with Crippen LogP contribution in [0.3, 0.4) is 0 Å². The van der Waals surface area contributed by atoms with Gasteiger partial charge in [-0.25, -0.2) is 13.5 Å².